The van der Waals surface area contributed by atoms with E-state index in [4.69, 9.17) is 28.2 Å². The molecule has 4 aromatic rings. The molecule has 0 aliphatic rings. The summed E-state index contributed by atoms with van der Waals surface area (Å²) >= 11 is 12.2. The minimum Gasteiger partial charge on any atom is -0.352 e. The maximum absolute atomic E-state index is 13.1. The highest BCUT2D eigenvalue weighted by molar-refractivity contribution is 6.35. The first-order chi connectivity index (χ1) is 14.5. The van der Waals surface area contributed by atoms with Crippen LogP contribution in [0, 0.1) is 6.92 Å². The average molecular weight is 435 g/mol. The topological polar surface area (TPSA) is 42.0 Å². The SMILES string of the molecule is Cc1ccc2nc(-c3ccccc3)cc(C(=O)NCCc3ccc(Cl)cc3Cl)c2c1. The van der Waals surface area contributed by atoms with Crippen LogP contribution in [0.1, 0.15) is 21.5 Å². The first-order valence-electron chi connectivity index (χ1n) is 9.70. The van der Waals surface area contributed by atoms with Crippen molar-refractivity contribution in [1.82, 2.24) is 10.3 Å². The first kappa shape index (κ1) is 20.4. The molecule has 0 saturated heterocycles. The molecule has 1 aromatic heterocycles. The van der Waals surface area contributed by atoms with E-state index < -0.39 is 0 Å². The molecule has 0 bridgehead atoms. The highest BCUT2D eigenvalue weighted by Crippen LogP contribution is 2.26. The number of fused-ring (bicyclic) bond motifs is 1. The Morgan fingerprint density at radius 3 is 2.53 bits per heavy atom. The van der Waals surface area contributed by atoms with Crippen molar-refractivity contribution in [2.75, 3.05) is 6.54 Å². The number of hydrogen-bond donors (Lipinski definition) is 1. The predicted molar refractivity (Wildman–Crippen MR) is 124 cm³/mol. The summed E-state index contributed by atoms with van der Waals surface area (Å²) in [5.41, 5.74) is 5.19. The smallest absolute Gasteiger partial charge is 0.252 e. The molecule has 0 fully saturated rings. The second kappa shape index (κ2) is 8.86. The molecule has 0 atom stereocenters. The van der Waals surface area contributed by atoms with Gasteiger partial charge in [0.2, 0.25) is 0 Å². The Kier molecular flexibility index (Phi) is 6.03. The van der Waals surface area contributed by atoms with E-state index in [9.17, 15) is 4.79 Å². The van der Waals surface area contributed by atoms with Crippen LogP contribution in [0.5, 0.6) is 0 Å². The van der Waals surface area contributed by atoms with Gasteiger partial charge in [-0.25, -0.2) is 4.98 Å². The summed E-state index contributed by atoms with van der Waals surface area (Å²) in [5, 5.41) is 5.07. The fourth-order valence-electron chi connectivity index (χ4n) is 3.41. The summed E-state index contributed by atoms with van der Waals surface area (Å²) in [6.07, 6.45) is 0.620. The molecule has 1 amide bonds. The van der Waals surface area contributed by atoms with Crippen molar-refractivity contribution in [3.8, 4) is 11.3 Å². The van der Waals surface area contributed by atoms with Crippen LogP contribution in [-0.4, -0.2) is 17.4 Å². The Hall–Kier alpha value is -2.88. The Morgan fingerprint density at radius 2 is 1.77 bits per heavy atom. The molecule has 0 spiro atoms. The molecule has 0 aliphatic heterocycles. The van der Waals surface area contributed by atoms with E-state index in [0.717, 1.165) is 33.3 Å². The number of carbonyl (C=O) groups is 1. The van der Waals surface area contributed by atoms with Gasteiger partial charge in [0.05, 0.1) is 16.8 Å². The van der Waals surface area contributed by atoms with Crippen LogP contribution in [0.15, 0.2) is 72.8 Å². The van der Waals surface area contributed by atoms with Crippen molar-refractivity contribution in [2.45, 2.75) is 13.3 Å². The minimum atomic E-state index is -0.129. The van der Waals surface area contributed by atoms with Gasteiger partial charge in [0.25, 0.3) is 5.91 Å². The molecule has 1 N–H and O–H groups in total. The lowest BCUT2D eigenvalue weighted by Gasteiger charge is -2.12. The Morgan fingerprint density at radius 1 is 0.967 bits per heavy atom. The van der Waals surface area contributed by atoms with Crippen molar-refractivity contribution < 1.29 is 4.79 Å². The third-order valence-corrected chi connectivity index (χ3v) is 5.56. The number of aromatic nitrogens is 1. The number of halogens is 2. The van der Waals surface area contributed by atoms with Crippen molar-refractivity contribution in [3.63, 3.8) is 0 Å². The summed E-state index contributed by atoms with van der Waals surface area (Å²) in [4.78, 5) is 17.9. The maximum atomic E-state index is 13.1. The van der Waals surface area contributed by atoms with E-state index >= 15 is 0 Å². The van der Waals surface area contributed by atoms with E-state index in [1.165, 1.54) is 0 Å². The normalized spacial score (nSPS) is 10.9. The van der Waals surface area contributed by atoms with Gasteiger partial charge in [-0.2, -0.15) is 0 Å². The fraction of sp³-hybridized carbons (Fsp3) is 0.120. The zero-order valence-electron chi connectivity index (χ0n) is 16.5. The highest BCUT2D eigenvalue weighted by atomic mass is 35.5. The second-order valence-electron chi connectivity index (χ2n) is 7.18. The summed E-state index contributed by atoms with van der Waals surface area (Å²) in [7, 11) is 0. The first-order valence-corrected chi connectivity index (χ1v) is 10.5. The summed E-state index contributed by atoms with van der Waals surface area (Å²) in [6.45, 7) is 2.48. The fourth-order valence-corrected chi connectivity index (χ4v) is 3.92. The lowest BCUT2D eigenvalue weighted by atomic mass is 10.0. The molecule has 5 heteroatoms. The predicted octanol–water partition coefficient (Wildman–Crippen LogP) is 6.49. The van der Waals surface area contributed by atoms with Crippen LogP contribution in [0.2, 0.25) is 10.0 Å². The van der Waals surface area contributed by atoms with E-state index in [-0.39, 0.29) is 5.91 Å². The molecule has 4 rings (SSSR count). The van der Waals surface area contributed by atoms with E-state index in [2.05, 4.69) is 5.32 Å². The molecule has 3 aromatic carbocycles. The van der Waals surface area contributed by atoms with Crippen LogP contribution in [0.3, 0.4) is 0 Å². The molecule has 150 valence electrons. The maximum Gasteiger partial charge on any atom is 0.252 e. The molecule has 30 heavy (non-hydrogen) atoms. The van der Waals surface area contributed by atoms with Crippen LogP contribution in [-0.2, 0) is 6.42 Å². The van der Waals surface area contributed by atoms with E-state index in [1.807, 2.05) is 67.6 Å². The van der Waals surface area contributed by atoms with Crippen LogP contribution >= 0.6 is 23.2 Å². The lowest BCUT2D eigenvalue weighted by Crippen LogP contribution is -2.26. The molecule has 0 saturated carbocycles. The molecule has 0 aliphatic carbocycles. The third-order valence-electron chi connectivity index (χ3n) is 4.97. The number of rotatable bonds is 5. The Balaban J connectivity index is 1.62. The third kappa shape index (κ3) is 4.48. The number of aryl methyl sites for hydroxylation is 1. The van der Waals surface area contributed by atoms with E-state index in [0.29, 0.717) is 28.6 Å². The standard InChI is InChI=1S/C25H20Cl2N2O/c1-16-7-10-23-20(13-16)21(15-24(29-23)18-5-3-2-4-6-18)25(30)28-12-11-17-8-9-19(26)14-22(17)27/h2-10,13-15H,11-12H2,1H3,(H,28,30). The zero-order chi connectivity index (χ0) is 21.1. The van der Waals surface area contributed by atoms with Gasteiger partial charge < -0.3 is 5.32 Å². The number of pyridine rings is 1. The number of hydrogen-bond acceptors (Lipinski definition) is 2. The number of carbonyl (C=O) groups excluding carboxylic acids is 1. The largest absolute Gasteiger partial charge is 0.352 e. The summed E-state index contributed by atoms with van der Waals surface area (Å²) in [5.74, 6) is -0.129. The Bertz CT molecular complexity index is 1220. The zero-order valence-corrected chi connectivity index (χ0v) is 18.0. The van der Waals surface area contributed by atoms with Gasteiger partial charge in [-0.15, -0.1) is 0 Å². The van der Waals surface area contributed by atoms with Gasteiger partial charge in [0.1, 0.15) is 0 Å². The second-order valence-corrected chi connectivity index (χ2v) is 8.03. The lowest BCUT2D eigenvalue weighted by molar-refractivity contribution is 0.0956. The van der Waals surface area contributed by atoms with Crippen LogP contribution in [0.4, 0.5) is 0 Å². The molecular weight excluding hydrogens is 415 g/mol. The van der Waals surface area contributed by atoms with Gasteiger partial charge in [-0.3, -0.25) is 4.79 Å². The summed E-state index contributed by atoms with van der Waals surface area (Å²) < 4.78 is 0. The van der Waals surface area contributed by atoms with Crippen molar-refractivity contribution in [2.24, 2.45) is 0 Å². The molecule has 1 heterocycles. The van der Waals surface area contributed by atoms with Crippen molar-refractivity contribution in [1.29, 1.82) is 0 Å². The van der Waals surface area contributed by atoms with Gasteiger partial charge in [0, 0.05) is 27.5 Å². The molecule has 0 unspecified atom stereocenters. The number of nitrogens with one attached hydrogen (secondary N) is 1. The molecule has 3 nitrogen and oxygen atoms in total. The summed E-state index contributed by atoms with van der Waals surface area (Å²) in [6, 6.07) is 23.1. The quantitative estimate of drug-likeness (QED) is 0.389. The van der Waals surface area contributed by atoms with Crippen LogP contribution in [0.25, 0.3) is 22.2 Å². The average Bonchev–Trinajstić information content (AvgIpc) is 2.75. The van der Waals surface area contributed by atoms with E-state index in [1.54, 1.807) is 12.1 Å². The molecular formula is C25H20Cl2N2O. The highest BCUT2D eigenvalue weighted by Gasteiger charge is 2.14. The number of nitrogens with zero attached hydrogens (tertiary/aromatic N) is 1. The van der Waals surface area contributed by atoms with Gasteiger partial charge in [0.15, 0.2) is 0 Å². The van der Waals surface area contributed by atoms with Crippen molar-refractivity contribution in [3.05, 3.63) is 99.5 Å². The van der Waals surface area contributed by atoms with Gasteiger partial charge in [-0.05, 0) is 49.2 Å². The van der Waals surface area contributed by atoms with Crippen molar-refractivity contribution >= 4 is 40.0 Å². The van der Waals surface area contributed by atoms with Crippen LogP contribution < -0.4 is 5.32 Å². The monoisotopic (exact) mass is 434 g/mol. The number of benzene rings is 3. The van der Waals surface area contributed by atoms with Gasteiger partial charge in [-0.1, -0.05) is 71.2 Å². The Labute approximate surface area is 185 Å². The van der Waals surface area contributed by atoms with Gasteiger partial charge >= 0.3 is 0 Å². The minimum absolute atomic E-state index is 0.129. The number of amides is 1. The molecule has 0 radical (unpaired) electrons.